The van der Waals surface area contributed by atoms with Crippen LogP contribution >= 0.6 is 7.82 Å². The van der Waals surface area contributed by atoms with Gasteiger partial charge >= 0.3 is 19.8 Å². The molecule has 0 saturated carbocycles. The van der Waals surface area contributed by atoms with E-state index in [2.05, 4.69) is 80.7 Å². The first-order valence-electron chi connectivity index (χ1n) is 20.4. The average Bonchev–Trinajstić information content (AvgIpc) is 3.14. The summed E-state index contributed by atoms with van der Waals surface area (Å²) in [6, 6.07) is 0. The zero-order valence-corrected chi connectivity index (χ0v) is 34.1. The number of phosphoric acid groups is 1. The van der Waals surface area contributed by atoms with E-state index >= 15 is 0 Å². The number of rotatable bonds is 37. The maximum atomic E-state index is 12.5. The molecular weight excluding hydrogens is 689 g/mol. The molecule has 3 N–H and O–H groups in total. The van der Waals surface area contributed by atoms with E-state index in [1.54, 1.807) is 0 Å². The van der Waals surface area contributed by atoms with Gasteiger partial charge in [0.1, 0.15) is 6.61 Å². The van der Waals surface area contributed by atoms with E-state index in [0.717, 1.165) is 51.4 Å². The molecule has 0 saturated heterocycles. The molecule has 0 aromatic heterocycles. The van der Waals surface area contributed by atoms with Crippen molar-refractivity contribution in [1.29, 1.82) is 0 Å². The van der Waals surface area contributed by atoms with E-state index < -0.39 is 32.5 Å². The molecule has 9 nitrogen and oxygen atoms in total. The van der Waals surface area contributed by atoms with Crippen molar-refractivity contribution in [3.8, 4) is 0 Å². The largest absolute Gasteiger partial charge is 0.472 e. The molecule has 0 aromatic carbocycles. The van der Waals surface area contributed by atoms with E-state index in [9.17, 15) is 19.0 Å². The SMILES string of the molecule is CC/C=C/C/C=C/C/C=C/C/C=C/C/C=C/CCCC(=O)O[C@H](COC(=O)CCCC/C=C/CCCCCCCCCCC)COP(=O)(O)OCCN. The smallest absolute Gasteiger partial charge is 0.462 e. The van der Waals surface area contributed by atoms with E-state index in [1.807, 2.05) is 6.08 Å². The molecule has 0 aromatic rings. The van der Waals surface area contributed by atoms with Crippen LogP contribution in [0.1, 0.15) is 155 Å². The third-order valence-corrected chi connectivity index (χ3v) is 9.06. The van der Waals surface area contributed by atoms with Crippen LogP contribution < -0.4 is 5.73 Å². The minimum atomic E-state index is -4.40. The zero-order chi connectivity index (χ0) is 38.9. The summed E-state index contributed by atoms with van der Waals surface area (Å²) in [4.78, 5) is 34.8. The summed E-state index contributed by atoms with van der Waals surface area (Å²) in [5, 5.41) is 0. The Morgan fingerprint density at radius 3 is 1.62 bits per heavy atom. The third-order valence-electron chi connectivity index (χ3n) is 8.08. The van der Waals surface area contributed by atoms with Gasteiger partial charge in [-0.25, -0.2) is 4.57 Å². The lowest BCUT2D eigenvalue weighted by Gasteiger charge is -2.19. The number of esters is 2. The predicted octanol–water partition coefficient (Wildman–Crippen LogP) is 11.5. The fourth-order valence-corrected chi connectivity index (χ4v) is 5.84. The van der Waals surface area contributed by atoms with Crippen LogP contribution in [0.15, 0.2) is 72.9 Å². The molecule has 2 atom stereocenters. The number of allylic oxidation sites excluding steroid dienone is 12. The lowest BCUT2D eigenvalue weighted by Crippen LogP contribution is -2.29. The van der Waals surface area contributed by atoms with E-state index in [0.29, 0.717) is 19.3 Å². The second-order valence-electron chi connectivity index (χ2n) is 13.1. The van der Waals surface area contributed by atoms with Crippen LogP contribution in [0.25, 0.3) is 0 Å². The Morgan fingerprint density at radius 1 is 0.585 bits per heavy atom. The summed E-state index contributed by atoms with van der Waals surface area (Å²) in [6.45, 7) is 3.51. The van der Waals surface area contributed by atoms with Crippen molar-refractivity contribution in [2.45, 2.75) is 161 Å². The number of ether oxygens (including phenoxy) is 2. The van der Waals surface area contributed by atoms with Crippen molar-refractivity contribution in [2.24, 2.45) is 5.73 Å². The molecule has 0 aliphatic carbocycles. The van der Waals surface area contributed by atoms with Crippen molar-refractivity contribution in [3.05, 3.63) is 72.9 Å². The van der Waals surface area contributed by atoms with Gasteiger partial charge < -0.3 is 20.1 Å². The lowest BCUT2D eigenvalue weighted by atomic mass is 10.1. The standard InChI is InChI=1S/C43H74NO8P/c1-3-5-7-9-11-13-15-17-19-20-22-24-26-28-30-32-34-36-43(46)52-41(40-51-53(47,48)50-38-37-44)39-49-42(45)35-33-31-29-27-25-23-21-18-16-14-12-10-8-6-4-2/h5,7,11,13,17,19,22,24-25,27-28,30,41H,3-4,6,8-10,12,14-16,18,20-21,23,26,29,31-40,44H2,1-2H3,(H,47,48)/b7-5+,13-11+,19-17+,24-22+,27-25+,30-28+/t41-/m1/s1. The fraction of sp³-hybridized carbons (Fsp3) is 0.674. The van der Waals surface area contributed by atoms with Gasteiger partial charge in [-0.15, -0.1) is 0 Å². The highest BCUT2D eigenvalue weighted by Crippen LogP contribution is 2.43. The van der Waals surface area contributed by atoms with Crippen LogP contribution in [0.2, 0.25) is 0 Å². The molecule has 53 heavy (non-hydrogen) atoms. The van der Waals surface area contributed by atoms with Gasteiger partial charge in [0.25, 0.3) is 0 Å². The highest BCUT2D eigenvalue weighted by Gasteiger charge is 2.25. The Morgan fingerprint density at radius 2 is 1.06 bits per heavy atom. The molecular formula is C43H74NO8P. The van der Waals surface area contributed by atoms with Gasteiger partial charge in [-0.3, -0.25) is 18.6 Å². The van der Waals surface area contributed by atoms with E-state index in [4.69, 9.17) is 24.3 Å². The Bertz CT molecular complexity index is 1100. The molecule has 0 amide bonds. The first kappa shape index (κ1) is 50.5. The third kappa shape index (κ3) is 39.0. The molecule has 304 valence electrons. The molecule has 0 heterocycles. The lowest BCUT2D eigenvalue weighted by molar-refractivity contribution is -0.161. The van der Waals surface area contributed by atoms with Gasteiger partial charge in [0.2, 0.25) is 0 Å². The van der Waals surface area contributed by atoms with Crippen LogP contribution in [0, 0.1) is 0 Å². The van der Waals surface area contributed by atoms with Gasteiger partial charge in [0, 0.05) is 19.4 Å². The van der Waals surface area contributed by atoms with Crippen LogP contribution in [0.5, 0.6) is 0 Å². The van der Waals surface area contributed by atoms with Gasteiger partial charge in [0.05, 0.1) is 13.2 Å². The molecule has 1 unspecified atom stereocenters. The Labute approximate surface area is 322 Å². The molecule has 0 aliphatic rings. The van der Waals surface area contributed by atoms with Crippen molar-refractivity contribution in [1.82, 2.24) is 0 Å². The Hall–Kier alpha value is -2.55. The van der Waals surface area contributed by atoms with E-state index in [-0.39, 0.29) is 32.6 Å². The van der Waals surface area contributed by atoms with Crippen LogP contribution in [-0.2, 0) is 32.7 Å². The predicted molar refractivity (Wildman–Crippen MR) is 219 cm³/mol. The highest BCUT2D eigenvalue weighted by atomic mass is 31.2. The minimum absolute atomic E-state index is 0.0386. The molecule has 0 bridgehead atoms. The normalized spacial score (nSPS) is 14.1. The Kier molecular flexibility index (Phi) is 37.3. The molecule has 0 rings (SSSR count). The number of carbonyl (C=O) groups excluding carboxylic acids is 2. The second-order valence-corrected chi connectivity index (χ2v) is 14.6. The first-order chi connectivity index (χ1) is 25.8. The zero-order valence-electron chi connectivity index (χ0n) is 33.2. The summed E-state index contributed by atoms with van der Waals surface area (Å²) in [6.07, 6.45) is 46.6. The minimum Gasteiger partial charge on any atom is -0.462 e. The second kappa shape index (κ2) is 39.2. The highest BCUT2D eigenvalue weighted by molar-refractivity contribution is 7.47. The fourth-order valence-electron chi connectivity index (χ4n) is 5.07. The summed E-state index contributed by atoms with van der Waals surface area (Å²) in [7, 11) is -4.40. The molecule has 0 aliphatic heterocycles. The summed E-state index contributed by atoms with van der Waals surface area (Å²) < 4.78 is 32.6. The monoisotopic (exact) mass is 764 g/mol. The van der Waals surface area contributed by atoms with Gasteiger partial charge in [-0.05, 0) is 77.0 Å². The molecule has 0 fully saturated rings. The van der Waals surface area contributed by atoms with Crippen molar-refractivity contribution < 1.29 is 37.6 Å². The van der Waals surface area contributed by atoms with Gasteiger partial charge in [-0.2, -0.15) is 0 Å². The number of unbranched alkanes of at least 4 members (excludes halogenated alkanes) is 12. The van der Waals surface area contributed by atoms with E-state index in [1.165, 1.54) is 57.8 Å². The number of carbonyl (C=O) groups is 2. The van der Waals surface area contributed by atoms with Crippen LogP contribution in [0.4, 0.5) is 0 Å². The van der Waals surface area contributed by atoms with Crippen molar-refractivity contribution >= 4 is 19.8 Å². The van der Waals surface area contributed by atoms with Crippen LogP contribution in [-0.4, -0.2) is 49.3 Å². The maximum Gasteiger partial charge on any atom is 0.472 e. The molecule has 0 spiro atoms. The van der Waals surface area contributed by atoms with Gasteiger partial charge in [0.15, 0.2) is 6.10 Å². The number of nitrogens with two attached hydrogens (primary N) is 1. The molecule has 0 radical (unpaired) electrons. The summed E-state index contributed by atoms with van der Waals surface area (Å²) in [5.74, 6) is -0.929. The number of phosphoric ester groups is 1. The van der Waals surface area contributed by atoms with Crippen molar-refractivity contribution in [3.63, 3.8) is 0 Å². The maximum absolute atomic E-state index is 12.5. The van der Waals surface area contributed by atoms with Crippen LogP contribution in [0.3, 0.4) is 0 Å². The quantitative estimate of drug-likeness (QED) is 0.0274. The first-order valence-corrected chi connectivity index (χ1v) is 21.9. The summed E-state index contributed by atoms with van der Waals surface area (Å²) in [5.41, 5.74) is 5.33. The Balaban J connectivity index is 4.34. The van der Waals surface area contributed by atoms with Crippen molar-refractivity contribution in [2.75, 3.05) is 26.4 Å². The average molecular weight is 764 g/mol. The topological polar surface area (TPSA) is 134 Å². The number of hydrogen-bond donors (Lipinski definition) is 2. The molecule has 10 heteroatoms. The van der Waals surface area contributed by atoms with Gasteiger partial charge in [-0.1, -0.05) is 138 Å². The summed E-state index contributed by atoms with van der Waals surface area (Å²) >= 11 is 0. The number of hydrogen-bond acceptors (Lipinski definition) is 8.